The highest BCUT2D eigenvalue weighted by Gasteiger charge is 2.62. The number of hydrogen-bond donors (Lipinski definition) is 6. The van der Waals surface area contributed by atoms with Gasteiger partial charge in [0, 0.05) is 38.8 Å². The molecule has 6 unspecified atom stereocenters. The zero-order chi connectivity index (χ0) is 73.3. The maximum absolute atomic E-state index is 14.3. The first-order valence-electron chi connectivity index (χ1n) is 40.6. The van der Waals surface area contributed by atoms with Crippen LogP contribution in [-0.4, -0.2) is 168 Å². The van der Waals surface area contributed by atoms with Crippen molar-refractivity contribution >= 4 is 41.7 Å². The summed E-state index contributed by atoms with van der Waals surface area (Å²) in [6.07, 6.45) is 39.4. The van der Waals surface area contributed by atoms with Crippen LogP contribution in [0.5, 0.6) is 0 Å². The highest BCUT2D eigenvalue weighted by molar-refractivity contribution is 5.90. The van der Waals surface area contributed by atoms with Crippen LogP contribution in [0.2, 0.25) is 0 Å². The molecule has 0 radical (unpaired) electrons. The second-order valence-corrected chi connectivity index (χ2v) is 30.0. The summed E-state index contributed by atoms with van der Waals surface area (Å²) in [5.41, 5.74) is -5.50. The van der Waals surface area contributed by atoms with Crippen molar-refractivity contribution in [3.63, 3.8) is 0 Å². The summed E-state index contributed by atoms with van der Waals surface area (Å²) in [5.74, 6) is -3.13. The van der Waals surface area contributed by atoms with Crippen LogP contribution in [0.15, 0.2) is 0 Å². The van der Waals surface area contributed by atoms with E-state index in [-0.39, 0.29) is 67.8 Å². The van der Waals surface area contributed by atoms with Gasteiger partial charge in [0.2, 0.25) is 11.8 Å². The summed E-state index contributed by atoms with van der Waals surface area (Å²) in [6, 6.07) is 0. The van der Waals surface area contributed by atoms with Crippen LogP contribution in [0.1, 0.15) is 357 Å². The van der Waals surface area contributed by atoms with Crippen molar-refractivity contribution in [2.24, 2.45) is 16.2 Å². The summed E-state index contributed by atoms with van der Waals surface area (Å²) in [5, 5.41) is 49.3. The quantitative estimate of drug-likeness (QED) is 0.0188. The number of nitrogens with one attached hydrogen (secondary N) is 2. The average Bonchev–Trinajstić information content (AvgIpc) is 0.733. The van der Waals surface area contributed by atoms with Crippen LogP contribution in [0.4, 0.5) is 0 Å². The topological polar surface area (TPSA) is 268 Å². The molecule has 6 N–H and O–H groups in total. The number of hydrogen-bond acceptors (Lipinski definition) is 16. The Morgan fingerprint density at radius 1 is 0.323 bits per heavy atom. The van der Waals surface area contributed by atoms with Crippen LogP contribution in [0.25, 0.3) is 0 Å². The molecular formula is C80H150N4O15. The Morgan fingerprint density at radius 3 is 0.778 bits per heavy atom. The summed E-state index contributed by atoms with van der Waals surface area (Å²) < 4.78 is 22.7. The highest BCUT2D eigenvalue weighted by Crippen LogP contribution is 2.55. The van der Waals surface area contributed by atoms with E-state index in [1.54, 1.807) is 0 Å². The van der Waals surface area contributed by atoms with E-state index in [9.17, 15) is 54.0 Å². The van der Waals surface area contributed by atoms with E-state index in [4.69, 9.17) is 18.9 Å². The van der Waals surface area contributed by atoms with Crippen molar-refractivity contribution in [1.82, 2.24) is 20.4 Å². The van der Waals surface area contributed by atoms with Crippen molar-refractivity contribution in [2.75, 3.05) is 72.2 Å². The van der Waals surface area contributed by atoms with E-state index < -0.39 is 66.7 Å². The number of aliphatic carboxylic acids is 1. The molecule has 6 atom stereocenters. The van der Waals surface area contributed by atoms with Gasteiger partial charge in [0.25, 0.3) is 0 Å². The molecule has 0 spiro atoms. The number of ether oxygens (including phenoxy) is 4. The van der Waals surface area contributed by atoms with Crippen molar-refractivity contribution in [3.05, 3.63) is 0 Å². The van der Waals surface area contributed by atoms with Gasteiger partial charge in [-0.25, -0.2) is 0 Å². The van der Waals surface area contributed by atoms with Crippen LogP contribution in [0.3, 0.4) is 0 Å². The predicted molar refractivity (Wildman–Crippen MR) is 397 cm³/mol. The highest BCUT2D eigenvalue weighted by atomic mass is 16.6. The maximum atomic E-state index is 14.3. The van der Waals surface area contributed by atoms with Crippen LogP contribution < -0.4 is 10.6 Å². The van der Waals surface area contributed by atoms with Crippen molar-refractivity contribution in [2.45, 2.75) is 382 Å². The third kappa shape index (κ3) is 45.0. The molecule has 0 aromatic rings. The molecule has 0 aromatic carbocycles. The van der Waals surface area contributed by atoms with E-state index in [0.29, 0.717) is 38.5 Å². The summed E-state index contributed by atoms with van der Waals surface area (Å²) in [7, 11) is 0. The number of aliphatic hydroxyl groups excluding tert-OH is 3. The van der Waals surface area contributed by atoms with Crippen molar-refractivity contribution in [1.29, 1.82) is 0 Å². The van der Waals surface area contributed by atoms with E-state index in [0.717, 1.165) is 232 Å². The minimum absolute atomic E-state index is 0.0603. The lowest BCUT2D eigenvalue weighted by Crippen LogP contribution is -2.62. The number of carbonyl (C=O) groups excluding carboxylic acids is 6. The van der Waals surface area contributed by atoms with Gasteiger partial charge in [-0.15, -0.1) is 0 Å². The molecule has 0 aliphatic heterocycles. The second kappa shape index (κ2) is 59.5. The number of rotatable bonds is 68. The fourth-order valence-electron chi connectivity index (χ4n) is 14.2. The number of esters is 4. The molecule has 1 fully saturated rings. The summed E-state index contributed by atoms with van der Waals surface area (Å²) in [6.45, 7) is 20.1. The maximum Gasteiger partial charge on any atom is 0.312 e. The Hall–Kier alpha value is -3.91. The third-order valence-corrected chi connectivity index (χ3v) is 20.3. The molecule has 99 heavy (non-hydrogen) atoms. The fourth-order valence-corrected chi connectivity index (χ4v) is 14.2. The zero-order valence-electron chi connectivity index (χ0n) is 64.5. The molecular weight excluding hydrogens is 1260 g/mol. The first-order valence-corrected chi connectivity index (χ1v) is 40.6. The molecule has 0 bridgehead atoms. The number of aliphatic hydroxyl groups is 3. The molecule has 1 aliphatic rings. The van der Waals surface area contributed by atoms with E-state index in [1.807, 2.05) is 27.7 Å². The normalized spacial score (nSPS) is 18.2. The molecule has 19 nitrogen and oxygen atoms in total. The van der Waals surface area contributed by atoms with Crippen LogP contribution >= 0.6 is 0 Å². The molecule has 1 aliphatic carbocycles. The minimum Gasteiger partial charge on any atom is -0.481 e. The van der Waals surface area contributed by atoms with E-state index >= 15 is 0 Å². The van der Waals surface area contributed by atoms with Gasteiger partial charge in [0.15, 0.2) is 0 Å². The molecule has 1 rings (SSSR count). The number of carboxylic acid groups (broad SMARTS) is 1. The summed E-state index contributed by atoms with van der Waals surface area (Å²) >= 11 is 0. The van der Waals surface area contributed by atoms with Crippen LogP contribution in [0, 0.1) is 16.2 Å². The first-order chi connectivity index (χ1) is 47.7. The van der Waals surface area contributed by atoms with E-state index in [1.165, 1.54) is 51.4 Å². The Morgan fingerprint density at radius 2 is 0.545 bits per heavy atom. The largest absolute Gasteiger partial charge is 0.481 e. The number of carboxylic acids is 1. The SMILES string of the molecule is CCCCCCC(C)OC(=O)CCCCCN(CCCCCCNC(=O)C1(CO)CC(CO)(C(=O)O)CC(CO)(C(=O)NCCCCCCN(CCCCCC(=O)OC(C)CCCCCC)CCCCCC(=O)OC(C)CCCCCC)C1)CCCCCC(=O)OC(C)CCCCCC. The third-order valence-electron chi connectivity index (χ3n) is 20.3. The van der Waals surface area contributed by atoms with Gasteiger partial charge in [0.05, 0.1) is 60.5 Å². The average molecular weight is 1410 g/mol. The van der Waals surface area contributed by atoms with Gasteiger partial charge in [0.1, 0.15) is 0 Å². The zero-order valence-corrected chi connectivity index (χ0v) is 64.5. The van der Waals surface area contributed by atoms with Gasteiger partial charge in [-0.05, 0) is 215 Å². The lowest BCUT2D eigenvalue weighted by molar-refractivity contribution is -0.177. The number of unbranched alkanes of at least 4 members (excludes halogenated alkanes) is 26. The predicted octanol–water partition coefficient (Wildman–Crippen LogP) is 16.0. The molecule has 0 aromatic heterocycles. The van der Waals surface area contributed by atoms with Gasteiger partial charge < -0.3 is 59.8 Å². The van der Waals surface area contributed by atoms with E-state index in [2.05, 4.69) is 48.1 Å². The summed E-state index contributed by atoms with van der Waals surface area (Å²) in [4.78, 5) is 96.9. The van der Waals surface area contributed by atoms with Crippen molar-refractivity contribution in [3.8, 4) is 0 Å². The minimum atomic E-state index is -1.97. The van der Waals surface area contributed by atoms with Crippen LogP contribution in [-0.2, 0) is 52.5 Å². The van der Waals surface area contributed by atoms with Gasteiger partial charge in [-0.3, -0.25) is 33.6 Å². The Labute approximate surface area is 602 Å². The molecule has 1 saturated carbocycles. The Bertz CT molecular complexity index is 1870. The molecule has 0 saturated heterocycles. The Balaban J connectivity index is 2.87. The molecule has 580 valence electrons. The molecule has 19 heteroatoms. The van der Waals surface area contributed by atoms with Gasteiger partial charge >= 0.3 is 29.8 Å². The first kappa shape index (κ1) is 93.1. The lowest BCUT2D eigenvalue weighted by Gasteiger charge is -2.51. The number of nitrogens with zero attached hydrogens (tertiary/aromatic N) is 2. The standard InChI is InChI=1S/C80H150N4O15/c1-9-13-17-29-45-67(5)96-71(88)49-33-25-41-57-83(58-42-26-34-50-72(89)97-68(6)46-30-18-14-10-2)55-39-23-21-37-53-81-75(92)78(64-85)61-79(65-86,63-80(62-78,66-87)77(94)95)76(93)82-54-38-22-24-40-56-84(59-43-27-35-51-73(90)98-69(7)47-31-19-15-11-3)60-44-28-36-52-74(91)99-70(8)48-32-20-16-12-4/h67-70,85-87H,9-66H2,1-8H3,(H,81,92)(H,82,93)(H,94,95). The monoisotopic (exact) mass is 1410 g/mol. The smallest absolute Gasteiger partial charge is 0.312 e. The lowest BCUT2D eigenvalue weighted by atomic mass is 9.52. The van der Waals surface area contributed by atoms with Gasteiger partial charge in [-0.2, -0.15) is 0 Å². The molecule has 0 heterocycles. The molecule has 2 amide bonds. The second-order valence-electron chi connectivity index (χ2n) is 30.0. The Kier molecular flexibility index (Phi) is 55.9. The fraction of sp³-hybridized carbons (Fsp3) is 0.912. The van der Waals surface area contributed by atoms with Crippen molar-refractivity contribution < 1.29 is 72.9 Å². The number of carbonyl (C=O) groups is 7. The van der Waals surface area contributed by atoms with Gasteiger partial charge in [-0.1, -0.05) is 156 Å². The number of amides is 2.